The summed E-state index contributed by atoms with van der Waals surface area (Å²) in [7, 11) is 0. The summed E-state index contributed by atoms with van der Waals surface area (Å²) in [5.74, 6) is -0.352. The van der Waals surface area contributed by atoms with E-state index in [1.165, 1.54) is 44.5 Å². The van der Waals surface area contributed by atoms with Crippen molar-refractivity contribution in [3.05, 3.63) is 74.9 Å². The minimum absolute atomic E-state index is 0.331. The molecule has 0 fully saturated rings. The maximum atomic E-state index is 12.7. The summed E-state index contributed by atoms with van der Waals surface area (Å²) in [4.78, 5) is 31.1. The van der Waals surface area contributed by atoms with Crippen LogP contribution in [0.4, 0.5) is 0 Å². The molecule has 0 atom stereocenters. The van der Waals surface area contributed by atoms with Crippen LogP contribution in [-0.2, 0) is 35.2 Å². The van der Waals surface area contributed by atoms with Crippen molar-refractivity contribution >= 4 is 56.4 Å². The molecule has 5 heterocycles. The average molecular weight is 633 g/mol. The van der Waals surface area contributed by atoms with Gasteiger partial charge in [0.2, 0.25) is 0 Å². The number of ether oxygens (including phenoxy) is 1. The molecule has 0 radical (unpaired) electrons. The number of allylic oxidation sites excluding steroid dienone is 4. The second-order valence-corrected chi connectivity index (χ2v) is 12.2. The molecule has 6 heteroatoms. The number of hydrogen-bond acceptors (Lipinski definition) is 4. The summed E-state index contributed by atoms with van der Waals surface area (Å²) < 4.78 is 5.33. The SMILES string of the molecule is CCOC(=O)/C=C/c1c2nc(cc3[nH]c(cc4nc(cc5[nH]c1c(CC)c5CC)C(CC)=C4CC)c(CC)c3CC)C(CC)=C2CC. The number of carbonyl (C=O) groups is 1. The Hall–Kier alpha value is -4.19. The van der Waals surface area contributed by atoms with Gasteiger partial charge in [0.05, 0.1) is 34.9 Å². The van der Waals surface area contributed by atoms with Crippen molar-refractivity contribution in [2.24, 2.45) is 0 Å². The first kappa shape index (κ1) is 34.2. The number of rotatable bonds is 11. The highest BCUT2D eigenvalue weighted by molar-refractivity contribution is 6.00. The summed E-state index contributed by atoms with van der Waals surface area (Å²) in [5.41, 5.74) is 19.6. The van der Waals surface area contributed by atoms with E-state index in [4.69, 9.17) is 14.7 Å². The zero-order chi connectivity index (χ0) is 33.8. The summed E-state index contributed by atoms with van der Waals surface area (Å²) in [5, 5.41) is 0. The molecule has 0 saturated carbocycles. The maximum Gasteiger partial charge on any atom is 0.330 e. The molecule has 6 nitrogen and oxygen atoms in total. The van der Waals surface area contributed by atoms with Gasteiger partial charge in [0.25, 0.3) is 0 Å². The van der Waals surface area contributed by atoms with Crippen LogP contribution in [0.1, 0.15) is 139 Å². The highest BCUT2D eigenvalue weighted by atomic mass is 16.5. The Kier molecular flexibility index (Phi) is 10.7. The van der Waals surface area contributed by atoms with E-state index < -0.39 is 0 Å². The van der Waals surface area contributed by atoms with Crippen LogP contribution in [0.3, 0.4) is 0 Å². The van der Waals surface area contributed by atoms with Crippen molar-refractivity contribution in [1.82, 2.24) is 19.9 Å². The Balaban J connectivity index is 2.09. The molecule has 8 bridgehead atoms. The molecule has 0 saturated heterocycles. The van der Waals surface area contributed by atoms with Gasteiger partial charge in [-0.15, -0.1) is 0 Å². The highest BCUT2D eigenvalue weighted by Gasteiger charge is 2.24. The molecule has 47 heavy (non-hydrogen) atoms. The van der Waals surface area contributed by atoms with Gasteiger partial charge in [0, 0.05) is 28.2 Å². The quantitative estimate of drug-likeness (QED) is 0.163. The van der Waals surface area contributed by atoms with Crippen molar-refractivity contribution in [2.75, 3.05) is 6.61 Å². The summed E-state index contributed by atoms with van der Waals surface area (Å²) in [6, 6.07) is 6.79. The van der Waals surface area contributed by atoms with Crippen LogP contribution in [0.5, 0.6) is 0 Å². The van der Waals surface area contributed by atoms with E-state index >= 15 is 0 Å². The molecule has 0 spiro atoms. The van der Waals surface area contributed by atoms with Crippen LogP contribution in [-0.4, -0.2) is 32.5 Å². The number of H-pyrrole nitrogens is 2. The van der Waals surface area contributed by atoms with Crippen LogP contribution < -0.4 is 0 Å². The molecule has 3 aromatic rings. The van der Waals surface area contributed by atoms with Crippen LogP contribution in [0.2, 0.25) is 0 Å². The fourth-order valence-electron chi connectivity index (χ4n) is 7.73. The molecule has 0 aromatic carbocycles. The standard InChI is InChI=1S/C41H52N4O2/c1-10-24-26(12-3)35-22-37-28(14-5)30(16-7)40(44-37)32(19-20-39(46)47-18-9)41-31(17-8)29(15-6)38(45-41)23-36-27(13-4)25(11-2)34(43-36)21-33(24)42-35/h19-23,42,45H,10-18H2,1-9H3/b20-19+,33-21?,34-21?,35-22?,36-23?,37-22?,38-23?,40-32?,41-32?. The molecule has 0 unspecified atom stereocenters. The van der Waals surface area contributed by atoms with Crippen LogP contribution in [0, 0.1) is 0 Å². The van der Waals surface area contributed by atoms with E-state index in [0.717, 1.165) is 102 Å². The lowest BCUT2D eigenvalue weighted by atomic mass is 9.96. The molecular weight excluding hydrogens is 580 g/mol. The Morgan fingerprint density at radius 2 is 1.04 bits per heavy atom. The molecule has 5 rings (SSSR count). The van der Waals surface area contributed by atoms with Gasteiger partial charge in [0.1, 0.15) is 0 Å². The van der Waals surface area contributed by atoms with Crippen molar-refractivity contribution in [3.8, 4) is 0 Å². The number of esters is 1. The van der Waals surface area contributed by atoms with E-state index in [2.05, 4.69) is 83.6 Å². The van der Waals surface area contributed by atoms with Gasteiger partial charge >= 0.3 is 5.97 Å². The molecule has 248 valence electrons. The second-order valence-electron chi connectivity index (χ2n) is 12.2. The molecule has 2 aliphatic rings. The number of aromatic amines is 2. The summed E-state index contributed by atoms with van der Waals surface area (Å²) >= 11 is 0. The lowest BCUT2D eigenvalue weighted by Gasteiger charge is -2.07. The summed E-state index contributed by atoms with van der Waals surface area (Å²) in [6.07, 6.45) is 10.6. The molecule has 0 amide bonds. The number of carbonyl (C=O) groups excluding carboxylic acids is 1. The topological polar surface area (TPSA) is 83.7 Å². The van der Waals surface area contributed by atoms with Gasteiger partial charge in [-0.2, -0.15) is 0 Å². The zero-order valence-corrected chi connectivity index (χ0v) is 30.0. The van der Waals surface area contributed by atoms with E-state index in [-0.39, 0.29) is 5.97 Å². The molecule has 3 aromatic heterocycles. The zero-order valence-electron chi connectivity index (χ0n) is 30.0. The first-order chi connectivity index (χ1) is 22.8. The number of fused-ring (bicyclic) bond motifs is 8. The Morgan fingerprint density at radius 1 is 0.596 bits per heavy atom. The first-order valence-electron chi connectivity index (χ1n) is 17.9. The number of hydrogen-bond donors (Lipinski definition) is 2. The van der Waals surface area contributed by atoms with Gasteiger partial charge in [-0.1, -0.05) is 55.4 Å². The molecular formula is C41H52N4O2. The minimum Gasteiger partial charge on any atom is -0.463 e. The smallest absolute Gasteiger partial charge is 0.330 e. The van der Waals surface area contributed by atoms with Crippen LogP contribution in [0.25, 0.3) is 50.4 Å². The molecule has 0 aliphatic carbocycles. The lowest BCUT2D eigenvalue weighted by molar-refractivity contribution is -0.137. The van der Waals surface area contributed by atoms with Crippen LogP contribution in [0.15, 0.2) is 24.3 Å². The lowest BCUT2D eigenvalue weighted by Crippen LogP contribution is -1.99. The molecule has 2 aliphatic heterocycles. The highest BCUT2D eigenvalue weighted by Crippen LogP contribution is 2.40. The monoisotopic (exact) mass is 632 g/mol. The van der Waals surface area contributed by atoms with Gasteiger partial charge in [0.15, 0.2) is 0 Å². The third-order valence-corrected chi connectivity index (χ3v) is 9.82. The predicted octanol–water partition coefficient (Wildman–Crippen LogP) is 10.6. The van der Waals surface area contributed by atoms with Gasteiger partial charge in [-0.25, -0.2) is 14.8 Å². The maximum absolute atomic E-state index is 12.7. The van der Waals surface area contributed by atoms with Crippen molar-refractivity contribution < 1.29 is 9.53 Å². The van der Waals surface area contributed by atoms with E-state index in [1.807, 2.05) is 13.0 Å². The largest absolute Gasteiger partial charge is 0.463 e. The fraction of sp³-hybridized carbons (Fsp3) is 0.439. The Morgan fingerprint density at radius 3 is 1.51 bits per heavy atom. The van der Waals surface area contributed by atoms with E-state index in [1.54, 1.807) is 6.08 Å². The number of nitrogens with one attached hydrogen (secondary N) is 2. The fourth-order valence-corrected chi connectivity index (χ4v) is 7.73. The number of nitrogens with zero attached hydrogens (tertiary/aromatic N) is 2. The van der Waals surface area contributed by atoms with Crippen LogP contribution >= 0.6 is 0 Å². The van der Waals surface area contributed by atoms with Gasteiger partial charge in [-0.3, -0.25) is 0 Å². The van der Waals surface area contributed by atoms with Gasteiger partial charge < -0.3 is 14.7 Å². The minimum atomic E-state index is -0.352. The predicted molar refractivity (Wildman–Crippen MR) is 199 cm³/mol. The van der Waals surface area contributed by atoms with Gasteiger partial charge in [-0.05, 0) is 127 Å². The van der Waals surface area contributed by atoms with Crippen molar-refractivity contribution in [3.63, 3.8) is 0 Å². The van der Waals surface area contributed by atoms with Crippen molar-refractivity contribution in [1.29, 1.82) is 0 Å². The average Bonchev–Trinajstić information content (AvgIpc) is 3.80. The summed E-state index contributed by atoms with van der Waals surface area (Å²) in [6.45, 7) is 20.0. The molecule has 2 N–H and O–H groups in total. The Bertz CT molecular complexity index is 1950. The van der Waals surface area contributed by atoms with E-state index in [0.29, 0.717) is 6.61 Å². The normalized spacial score (nSPS) is 13.4. The van der Waals surface area contributed by atoms with E-state index in [9.17, 15) is 4.79 Å². The third kappa shape index (κ3) is 6.15. The Labute approximate surface area is 280 Å². The second kappa shape index (κ2) is 14.7. The van der Waals surface area contributed by atoms with Crippen molar-refractivity contribution in [2.45, 2.75) is 114 Å². The first-order valence-corrected chi connectivity index (χ1v) is 17.9. The third-order valence-electron chi connectivity index (χ3n) is 9.82. The number of aryl methyl sites for hydroxylation is 4. The number of aromatic nitrogens is 4.